The monoisotopic (exact) mass is 422 g/mol. The van der Waals surface area contributed by atoms with Crippen LogP contribution in [0.5, 0.6) is 5.75 Å². The number of halogens is 1. The minimum Gasteiger partial charge on any atom is -0.490 e. The molecule has 2 aliphatic rings. The maximum atomic E-state index is 13.9. The number of imide groups is 1. The lowest BCUT2D eigenvalue weighted by Crippen LogP contribution is -2.37. The van der Waals surface area contributed by atoms with Crippen LogP contribution in [0.25, 0.3) is 0 Å². The van der Waals surface area contributed by atoms with Gasteiger partial charge in [-0.25, -0.2) is 9.18 Å². The third-order valence-electron chi connectivity index (χ3n) is 4.98. The zero-order valence-electron chi connectivity index (χ0n) is 16.5. The van der Waals surface area contributed by atoms with Crippen molar-refractivity contribution in [1.82, 2.24) is 20.9 Å². The third-order valence-corrected chi connectivity index (χ3v) is 5.24. The van der Waals surface area contributed by atoms with E-state index in [-0.39, 0.29) is 36.1 Å². The van der Waals surface area contributed by atoms with Gasteiger partial charge in [-0.3, -0.25) is 10.1 Å². The molecule has 1 aromatic rings. The molecule has 3 amide bonds. The lowest BCUT2D eigenvalue weighted by atomic mass is 10.1. The third kappa shape index (κ3) is 6.56. The van der Waals surface area contributed by atoms with Gasteiger partial charge in [0.25, 0.3) is 0 Å². The van der Waals surface area contributed by atoms with Crippen molar-refractivity contribution in [2.75, 3.05) is 26.2 Å². The number of thiocarbonyl (C=S) groups is 1. The van der Waals surface area contributed by atoms with Crippen LogP contribution in [0.3, 0.4) is 0 Å². The smallest absolute Gasteiger partial charge is 0.324 e. The molecule has 3 rings (SSSR count). The van der Waals surface area contributed by atoms with Gasteiger partial charge in [-0.15, -0.1) is 0 Å². The van der Waals surface area contributed by atoms with Gasteiger partial charge >= 0.3 is 6.03 Å². The first kappa shape index (κ1) is 21.3. The maximum absolute atomic E-state index is 13.9. The number of hydrogen-bond acceptors (Lipinski definition) is 4. The molecule has 1 saturated carbocycles. The van der Waals surface area contributed by atoms with E-state index < -0.39 is 0 Å². The highest BCUT2D eigenvalue weighted by atomic mass is 32.1. The van der Waals surface area contributed by atoms with Gasteiger partial charge in [0.1, 0.15) is 6.54 Å². The van der Waals surface area contributed by atoms with Crippen LogP contribution in [0.4, 0.5) is 9.18 Å². The number of amides is 3. The number of rotatable bonds is 10. The molecule has 1 aliphatic heterocycles. The highest BCUT2D eigenvalue weighted by Crippen LogP contribution is 2.31. The molecule has 0 radical (unpaired) electrons. The Morgan fingerprint density at radius 1 is 1.38 bits per heavy atom. The van der Waals surface area contributed by atoms with Crippen LogP contribution in [0, 0.1) is 11.7 Å². The minimum atomic E-state index is -0.351. The summed E-state index contributed by atoms with van der Waals surface area (Å²) in [4.78, 5) is 24.1. The van der Waals surface area contributed by atoms with Crippen LogP contribution in [-0.4, -0.2) is 48.2 Å². The molecule has 1 saturated heterocycles. The summed E-state index contributed by atoms with van der Waals surface area (Å²) in [5.41, 5.74) is 0.894. The normalized spacial score (nSPS) is 17.1. The molecule has 0 bridgehead atoms. The van der Waals surface area contributed by atoms with Crippen LogP contribution < -0.4 is 20.7 Å². The predicted molar refractivity (Wildman–Crippen MR) is 111 cm³/mol. The van der Waals surface area contributed by atoms with E-state index in [1.807, 2.05) is 6.92 Å². The highest BCUT2D eigenvalue weighted by Gasteiger charge is 2.25. The second kappa shape index (κ2) is 9.87. The van der Waals surface area contributed by atoms with E-state index in [1.165, 1.54) is 11.0 Å². The van der Waals surface area contributed by atoms with Crippen molar-refractivity contribution in [3.05, 3.63) is 29.6 Å². The highest BCUT2D eigenvalue weighted by molar-refractivity contribution is 7.80. The minimum absolute atomic E-state index is 0.0989. The van der Waals surface area contributed by atoms with Crippen LogP contribution in [-0.2, 0) is 4.79 Å². The number of ether oxygens (including phenoxy) is 1. The van der Waals surface area contributed by atoms with Crippen molar-refractivity contribution in [2.45, 2.75) is 38.6 Å². The molecular formula is C20H27FN4O3S. The molecule has 158 valence electrons. The van der Waals surface area contributed by atoms with E-state index in [0.717, 1.165) is 31.2 Å². The Morgan fingerprint density at radius 2 is 2.17 bits per heavy atom. The average molecular weight is 423 g/mol. The molecule has 0 aromatic heterocycles. The molecule has 7 nitrogen and oxygen atoms in total. The zero-order chi connectivity index (χ0) is 20.8. The Hall–Kier alpha value is -2.42. The fourth-order valence-corrected chi connectivity index (χ4v) is 3.30. The molecule has 29 heavy (non-hydrogen) atoms. The molecule has 2 fully saturated rings. The van der Waals surface area contributed by atoms with E-state index >= 15 is 0 Å². The van der Waals surface area contributed by atoms with E-state index in [1.54, 1.807) is 12.1 Å². The quantitative estimate of drug-likeness (QED) is 0.305. The molecule has 1 aliphatic carbocycles. The number of nitrogens with one attached hydrogen (secondary N) is 3. The summed E-state index contributed by atoms with van der Waals surface area (Å²) in [6.45, 7) is 3.84. The van der Waals surface area contributed by atoms with Crippen molar-refractivity contribution < 1.29 is 18.7 Å². The van der Waals surface area contributed by atoms with Crippen molar-refractivity contribution >= 4 is 29.3 Å². The van der Waals surface area contributed by atoms with Gasteiger partial charge in [0.05, 0.1) is 12.6 Å². The topological polar surface area (TPSA) is 82.7 Å². The fourth-order valence-electron chi connectivity index (χ4n) is 3.02. The van der Waals surface area contributed by atoms with E-state index in [0.29, 0.717) is 30.7 Å². The van der Waals surface area contributed by atoms with E-state index in [4.69, 9.17) is 17.0 Å². The van der Waals surface area contributed by atoms with Gasteiger partial charge in [0, 0.05) is 13.1 Å². The SMILES string of the molecule is CC(NC(=S)NCCCCN1CC(=O)NC1=O)c1ccc(F)c(OCC2CC2)c1. The van der Waals surface area contributed by atoms with Crippen LogP contribution in [0.15, 0.2) is 18.2 Å². The van der Waals surface area contributed by atoms with Gasteiger partial charge in [0.15, 0.2) is 16.7 Å². The Morgan fingerprint density at radius 3 is 2.86 bits per heavy atom. The first-order valence-corrected chi connectivity index (χ1v) is 10.4. The lowest BCUT2D eigenvalue weighted by Gasteiger charge is -2.19. The second-order valence-corrected chi connectivity index (χ2v) is 7.96. The summed E-state index contributed by atoms with van der Waals surface area (Å²) >= 11 is 5.33. The number of carbonyl (C=O) groups excluding carboxylic acids is 2. The standard InChI is InChI=1S/C20H27FN4O3S/c1-13(15-6-7-16(21)17(10-15)28-12-14-4-5-14)23-19(29)22-8-2-3-9-25-11-18(26)24-20(25)27/h6-7,10,13-14H,2-5,8-9,11-12H2,1H3,(H2,22,23,29)(H,24,26,27). The summed E-state index contributed by atoms with van der Waals surface area (Å²) in [5.74, 6) is 0.238. The first-order chi connectivity index (χ1) is 13.9. The van der Waals surface area contributed by atoms with Crippen LogP contribution in [0.2, 0.25) is 0 Å². The summed E-state index contributed by atoms with van der Waals surface area (Å²) < 4.78 is 19.5. The number of unbranched alkanes of at least 4 members (excludes halogenated alkanes) is 1. The van der Waals surface area contributed by atoms with Crippen molar-refractivity contribution in [2.24, 2.45) is 5.92 Å². The molecule has 1 atom stereocenters. The molecule has 1 aromatic carbocycles. The number of benzene rings is 1. The van der Waals surface area contributed by atoms with Crippen molar-refractivity contribution in [3.63, 3.8) is 0 Å². The van der Waals surface area contributed by atoms with Crippen molar-refractivity contribution in [1.29, 1.82) is 0 Å². The molecular weight excluding hydrogens is 395 g/mol. The van der Waals surface area contributed by atoms with Crippen LogP contribution in [0.1, 0.15) is 44.2 Å². The Bertz CT molecular complexity index is 772. The summed E-state index contributed by atoms with van der Waals surface area (Å²) in [7, 11) is 0. The van der Waals surface area contributed by atoms with Crippen molar-refractivity contribution in [3.8, 4) is 5.75 Å². The maximum Gasteiger partial charge on any atom is 0.324 e. The fraction of sp³-hybridized carbons (Fsp3) is 0.550. The molecule has 1 heterocycles. The Kier molecular flexibility index (Phi) is 7.24. The summed E-state index contributed by atoms with van der Waals surface area (Å²) in [5, 5.41) is 9.09. The lowest BCUT2D eigenvalue weighted by molar-refractivity contribution is -0.118. The number of nitrogens with zero attached hydrogens (tertiary/aromatic N) is 1. The van der Waals surface area contributed by atoms with Gasteiger partial charge in [-0.2, -0.15) is 0 Å². The summed E-state index contributed by atoms with van der Waals surface area (Å²) in [6, 6.07) is 4.44. The van der Waals surface area contributed by atoms with Gasteiger partial charge in [-0.1, -0.05) is 6.07 Å². The molecule has 1 unspecified atom stereocenters. The molecule has 9 heteroatoms. The number of carbonyl (C=O) groups is 2. The van der Waals surface area contributed by atoms with Gasteiger partial charge < -0.3 is 20.3 Å². The number of urea groups is 1. The van der Waals surface area contributed by atoms with Gasteiger partial charge in [-0.05, 0) is 68.4 Å². The van der Waals surface area contributed by atoms with Gasteiger partial charge in [0.2, 0.25) is 5.91 Å². The number of hydrogen-bond donors (Lipinski definition) is 3. The Labute approximate surface area is 175 Å². The largest absolute Gasteiger partial charge is 0.490 e. The predicted octanol–water partition coefficient (Wildman–Crippen LogP) is 2.47. The van der Waals surface area contributed by atoms with Crippen LogP contribution >= 0.6 is 12.2 Å². The Balaban J connectivity index is 1.35. The molecule has 3 N–H and O–H groups in total. The zero-order valence-corrected chi connectivity index (χ0v) is 17.3. The summed E-state index contributed by atoms with van der Waals surface area (Å²) in [6.07, 6.45) is 3.89. The average Bonchev–Trinajstić information content (AvgIpc) is 3.44. The molecule has 0 spiro atoms. The van der Waals surface area contributed by atoms with E-state index in [9.17, 15) is 14.0 Å². The second-order valence-electron chi connectivity index (χ2n) is 7.55. The van der Waals surface area contributed by atoms with E-state index in [2.05, 4.69) is 16.0 Å². The first-order valence-electron chi connectivity index (χ1n) is 9.97.